The Morgan fingerprint density at radius 2 is 1.07 bits per heavy atom. The molecule has 0 radical (unpaired) electrons. The number of thiophene rings is 3. The van der Waals surface area contributed by atoms with Crippen LogP contribution < -0.4 is 15.6 Å². The van der Waals surface area contributed by atoms with E-state index in [9.17, 15) is 0 Å². The van der Waals surface area contributed by atoms with E-state index >= 15 is 0 Å². The van der Waals surface area contributed by atoms with Gasteiger partial charge in [0, 0.05) is 78.1 Å². The van der Waals surface area contributed by atoms with Crippen LogP contribution in [0.2, 0.25) is 0 Å². The fourth-order valence-corrected chi connectivity index (χ4v) is 17.4. The third-order valence-corrected chi connectivity index (χ3v) is 22.1. The topological polar surface area (TPSA) is 17.0 Å². The average molecular weight is 1020 g/mol. The van der Waals surface area contributed by atoms with Gasteiger partial charge in [-0.25, -0.2) is 0 Å². The minimum absolute atomic E-state index is 0.0287. The second-order valence-corrected chi connectivity index (χ2v) is 30.8. The Kier molecular flexibility index (Phi) is 9.65. The molecule has 1 aliphatic heterocycles. The molecule has 3 aliphatic rings. The molecule has 2 aliphatic carbocycles. The summed E-state index contributed by atoms with van der Waals surface area (Å²) in [5.74, 6) is 0. The van der Waals surface area contributed by atoms with Crippen LogP contribution in [0.15, 0.2) is 103 Å². The van der Waals surface area contributed by atoms with E-state index in [0.717, 1.165) is 13.0 Å². The molecular formula is C68H69BN2S3. The number of anilines is 2. The van der Waals surface area contributed by atoms with Gasteiger partial charge in [0.15, 0.2) is 0 Å². The molecule has 0 amide bonds. The monoisotopic (exact) mass is 1020 g/mol. The number of hydrogen-bond acceptors (Lipinski definition) is 4. The van der Waals surface area contributed by atoms with E-state index in [1.807, 2.05) is 34.0 Å². The Labute approximate surface area is 450 Å². The lowest BCUT2D eigenvalue weighted by Crippen LogP contribution is -2.35. The third kappa shape index (κ3) is 6.72. The van der Waals surface area contributed by atoms with Crippen molar-refractivity contribution < 1.29 is 0 Å². The van der Waals surface area contributed by atoms with Crippen LogP contribution in [0.1, 0.15) is 156 Å². The number of rotatable bonds is 3. The summed E-state index contributed by atoms with van der Waals surface area (Å²) in [6, 6.07) is 41.6. The molecule has 0 unspecified atom stereocenters. The van der Waals surface area contributed by atoms with Crippen molar-refractivity contribution in [3.63, 3.8) is 0 Å². The highest BCUT2D eigenvalue weighted by Crippen LogP contribution is 2.55. The van der Waals surface area contributed by atoms with Gasteiger partial charge in [0.25, 0.3) is 0 Å². The van der Waals surface area contributed by atoms with Crippen LogP contribution in [-0.4, -0.2) is 11.8 Å². The first-order chi connectivity index (χ1) is 34.9. The van der Waals surface area contributed by atoms with Crippen molar-refractivity contribution in [1.29, 1.82) is 0 Å². The number of aromatic nitrogens is 1. The van der Waals surface area contributed by atoms with E-state index < -0.39 is 0 Å². The Morgan fingerprint density at radius 1 is 0.500 bits per heavy atom. The van der Waals surface area contributed by atoms with Gasteiger partial charge < -0.3 is 9.88 Å². The minimum Gasteiger partial charge on any atom is -0.355 e. The van der Waals surface area contributed by atoms with Gasteiger partial charge in [0.1, 0.15) is 0 Å². The molecule has 1 N–H and O–H groups in total. The summed E-state index contributed by atoms with van der Waals surface area (Å²) in [5.41, 5.74) is 19.9. The molecule has 0 fully saturated rings. The molecule has 4 aromatic heterocycles. The highest BCUT2D eigenvalue weighted by molar-refractivity contribution is 7.29. The van der Waals surface area contributed by atoms with Crippen molar-refractivity contribution in [3.05, 3.63) is 137 Å². The van der Waals surface area contributed by atoms with Gasteiger partial charge in [-0.15, -0.1) is 34.0 Å². The summed E-state index contributed by atoms with van der Waals surface area (Å²) in [7, 11) is 0.872. The summed E-state index contributed by atoms with van der Waals surface area (Å²) in [6.45, 7) is 33.9. The van der Waals surface area contributed by atoms with E-state index in [1.54, 1.807) is 0 Å². The molecule has 0 saturated heterocycles. The zero-order valence-corrected chi connectivity index (χ0v) is 48.5. The zero-order chi connectivity index (χ0) is 51.6. The molecule has 5 heterocycles. The molecule has 6 heteroatoms. The van der Waals surface area contributed by atoms with Crippen molar-refractivity contribution in [3.8, 4) is 16.8 Å². The maximum atomic E-state index is 4.15. The molecular weight excluding hydrogens is 952 g/mol. The SMILES string of the molecule is CC(C)(C)c1ccc(Nc2cc3sc4cc5c(cc4c3cc2-c2c3c4c(c6cc7c(cc6n4-c4c(sc6ccc(C(C)(C)C)cc46)B3)C(C)(C)CCC7(C)C)c3sc4ccccc4c23)C(C)(C)CCC5(C)C)cc1. The summed E-state index contributed by atoms with van der Waals surface area (Å²) in [4.78, 5) is 0. The van der Waals surface area contributed by atoms with Crippen LogP contribution in [0.4, 0.5) is 11.4 Å². The summed E-state index contributed by atoms with van der Waals surface area (Å²) >= 11 is 6.00. The van der Waals surface area contributed by atoms with E-state index in [2.05, 4.69) is 210 Å². The van der Waals surface area contributed by atoms with E-state index in [1.165, 1.54) is 164 Å². The standard InChI is InChI=1S/C68H69BN2S3/c1-63(2,3)36-19-22-38(23-20-36)70-49-35-54-40(41-31-45-48(34-53(41)72-54)68(13,14)28-26-65(45,7)8)30-42(49)55-56-39-17-15-16-18-51(39)73-61(56)57-43-32-46-47(67(11,12)27-25-66(46,9)10)33-50(43)71-59-44-29-37(64(4,5)6)21-24-52(44)74-62(59)69-58(55)60(57)71/h15-24,29-35,69-70H,25-28H2,1-14H3. The highest BCUT2D eigenvalue weighted by Gasteiger charge is 2.41. The lowest BCUT2D eigenvalue weighted by molar-refractivity contribution is 0.332. The fraction of sp³-hybridized carbons (Fsp3) is 0.353. The van der Waals surface area contributed by atoms with Gasteiger partial charge in [0.05, 0.1) is 16.7 Å². The first-order valence-electron chi connectivity index (χ1n) is 27.4. The zero-order valence-electron chi connectivity index (χ0n) is 46.0. The van der Waals surface area contributed by atoms with Crippen molar-refractivity contribution in [2.24, 2.45) is 0 Å². The predicted octanol–water partition coefficient (Wildman–Crippen LogP) is 19.1. The molecule has 0 saturated carbocycles. The van der Waals surface area contributed by atoms with Gasteiger partial charge in [-0.1, -0.05) is 133 Å². The number of fused-ring (bicyclic) bond motifs is 16. The predicted molar refractivity (Wildman–Crippen MR) is 331 cm³/mol. The highest BCUT2D eigenvalue weighted by atomic mass is 32.1. The van der Waals surface area contributed by atoms with Gasteiger partial charge in [-0.2, -0.15) is 0 Å². The van der Waals surface area contributed by atoms with Crippen molar-refractivity contribution in [1.82, 2.24) is 4.57 Å². The number of nitrogens with one attached hydrogen (secondary N) is 1. The summed E-state index contributed by atoms with van der Waals surface area (Å²) < 4.78 is 11.1. The number of nitrogens with zero attached hydrogens (tertiary/aromatic N) is 1. The molecule has 2 nitrogen and oxygen atoms in total. The molecule has 74 heavy (non-hydrogen) atoms. The number of hydrogen-bond donors (Lipinski definition) is 1. The van der Waals surface area contributed by atoms with Crippen molar-refractivity contribution >= 4 is 135 Å². The van der Waals surface area contributed by atoms with Gasteiger partial charge >= 0.3 is 0 Å². The van der Waals surface area contributed by atoms with Crippen LogP contribution in [-0.2, 0) is 32.5 Å². The molecule has 11 aromatic rings. The van der Waals surface area contributed by atoms with Crippen LogP contribution in [0.25, 0.3) is 89.1 Å². The average Bonchev–Trinajstić information content (AvgIpc) is 4.11. The van der Waals surface area contributed by atoms with Crippen molar-refractivity contribution in [2.75, 3.05) is 5.32 Å². The first-order valence-corrected chi connectivity index (χ1v) is 29.8. The largest absolute Gasteiger partial charge is 0.355 e. The van der Waals surface area contributed by atoms with E-state index in [4.69, 9.17) is 0 Å². The number of benzene rings is 7. The van der Waals surface area contributed by atoms with Crippen molar-refractivity contribution in [2.45, 2.75) is 155 Å². The molecule has 372 valence electrons. The van der Waals surface area contributed by atoms with Gasteiger partial charge in [-0.05, 0) is 174 Å². The molecule has 0 atom stereocenters. The molecule has 0 bridgehead atoms. The minimum atomic E-state index is 0.0287. The lowest BCUT2D eigenvalue weighted by Gasteiger charge is -2.42. The quantitative estimate of drug-likeness (QED) is 0.175. The van der Waals surface area contributed by atoms with E-state index in [-0.39, 0.29) is 32.5 Å². The van der Waals surface area contributed by atoms with Gasteiger partial charge in [0.2, 0.25) is 7.28 Å². The molecule has 14 rings (SSSR count). The molecule has 7 aromatic carbocycles. The van der Waals surface area contributed by atoms with Gasteiger partial charge in [-0.3, -0.25) is 0 Å². The van der Waals surface area contributed by atoms with E-state index in [0.29, 0.717) is 0 Å². The fourth-order valence-electron chi connectivity index (χ4n) is 13.8. The maximum absolute atomic E-state index is 4.15. The van der Waals surface area contributed by atoms with Crippen LogP contribution in [0.3, 0.4) is 0 Å². The van der Waals surface area contributed by atoms with Crippen LogP contribution >= 0.6 is 34.0 Å². The third-order valence-electron chi connectivity index (χ3n) is 18.6. The lowest BCUT2D eigenvalue weighted by atomic mass is 9.62. The van der Waals surface area contributed by atoms with Crippen LogP contribution in [0, 0.1) is 0 Å². The molecule has 0 spiro atoms. The smallest absolute Gasteiger partial charge is 0.211 e. The summed E-state index contributed by atoms with van der Waals surface area (Å²) in [5, 5.41) is 13.9. The Balaban J connectivity index is 1.16. The maximum Gasteiger partial charge on any atom is 0.211 e. The normalized spacial score (nSPS) is 17.6. The van der Waals surface area contributed by atoms with Crippen LogP contribution in [0.5, 0.6) is 0 Å². The Morgan fingerprint density at radius 3 is 1.73 bits per heavy atom. The first kappa shape index (κ1) is 47.1. The Bertz CT molecular complexity index is 4260. The second kappa shape index (κ2) is 15.2. The Hall–Kier alpha value is -5.40. The summed E-state index contributed by atoms with van der Waals surface area (Å²) in [6.07, 6.45) is 4.78. The second-order valence-electron chi connectivity index (χ2n) is 27.5.